The van der Waals surface area contributed by atoms with Gasteiger partial charge in [-0.05, 0) is 55.5 Å². The zero-order valence-corrected chi connectivity index (χ0v) is 13.8. The number of anilines is 2. The molecule has 0 amide bonds. The summed E-state index contributed by atoms with van der Waals surface area (Å²) in [4.78, 5) is 4.28. The zero-order chi connectivity index (χ0) is 17.9. The maximum absolute atomic E-state index is 13.0. The van der Waals surface area contributed by atoms with Gasteiger partial charge in [0.1, 0.15) is 5.82 Å². The average Bonchev–Trinajstić information content (AvgIpc) is 3.15. The van der Waals surface area contributed by atoms with Crippen molar-refractivity contribution < 1.29 is 8.91 Å². The Hall–Kier alpha value is -3.61. The molecule has 6 nitrogen and oxygen atoms in total. The molecule has 1 N–H and O–H groups in total. The maximum Gasteiger partial charge on any atom is 0.278 e. The molecule has 0 saturated heterocycles. The van der Waals surface area contributed by atoms with Crippen molar-refractivity contribution in [1.82, 2.24) is 20.3 Å². The minimum Gasteiger partial charge on any atom is -0.339 e. The lowest BCUT2D eigenvalue weighted by molar-refractivity contribution is 0.430. The smallest absolute Gasteiger partial charge is 0.278 e. The monoisotopic (exact) mass is 347 g/mol. The summed E-state index contributed by atoms with van der Waals surface area (Å²) < 4.78 is 18.2. The van der Waals surface area contributed by atoms with Gasteiger partial charge in [-0.3, -0.25) is 0 Å². The van der Waals surface area contributed by atoms with Crippen LogP contribution in [0.25, 0.3) is 23.0 Å². The van der Waals surface area contributed by atoms with Gasteiger partial charge in [0.25, 0.3) is 5.89 Å². The van der Waals surface area contributed by atoms with E-state index in [0.29, 0.717) is 22.9 Å². The largest absolute Gasteiger partial charge is 0.339 e. The van der Waals surface area contributed by atoms with Crippen LogP contribution in [-0.4, -0.2) is 20.3 Å². The number of hydrogen-bond acceptors (Lipinski definition) is 6. The molecule has 7 heteroatoms. The summed E-state index contributed by atoms with van der Waals surface area (Å²) in [7, 11) is 0. The molecule has 2 heterocycles. The topological polar surface area (TPSA) is 76.7 Å². The molecular formula is C19H14FN5O. The first-order valence-corrected chi connectivity index (χ1v) is 7.95. The van der Waals surface area contributed by atoms with Gasteiger partial charge in [-0.2, -0.15) is 4.98 Å². The fourth-order valence-corrected chi connectivity index (χ4v) is 2.34. The van der Waals surface area contributed by atoms with E-state index in [0.717, 1.165) is 5.69 Å². The van der Waals surface area contributed by atoms with Gasteiger partial charge in [-0.25, -0.2) is 4.39 Å². The van der Waals surface area contributed by atoms with Crippen LogP contribution in [0.4, 0.5) is 15.9 Å². The van der Waals surface area contributed by atoms with E-state index in [1.54, 1.807) is 24.3 Å². The van der Waals surface area contributed by atoms with Gasteiger partial charge >= 0.3 is 0 Å². The highest BCUT2D eigenvalue weighted by Gasteiger charge is 2.12. The van der Waals surface area contributed by atoms with Crippen LogP contribution in [0.5, 0.6) is 0 Å². The number of nitrogens with one attached hydrogen (secondary N) is 1. The first kappa shape index (κ1) is 15.9. The van der Waals surface area contributed by atoms with Gasteiger partial charge in [0.05, 0.1) is 0 Å². The van der Waals surface area contributed by atoms with Crippen LogP contribution in [0.2, 0.25) is 0 Å². The normalized spacial score (nSPS) is 10.7. The third-order valence-electron chi connectivity index (χ3n) is 3.74. The summed E-state index contributed by atoms with van der Waals surface area (Å²) in [6, 6.07) is 17.4. The van der Waals surface area contributed by atoms with Crippen LogP contribution >= 0.6 is 0 Å². The zero-order valence-electron chi connectivity index (χ0n) is 13.8. The quantitative estimate of drug-likeness (QED) is 0.590. The van der Waals surface area contributed by atoms with Crippen LogP contribution in [0.1, 0.15) is 5.56 Å². The molecule has 26 heavy (non-hydrogen) atoms. The van der Waals surface area contributed by atoms with Crippen molar-refractivity contribution in [2.45, 2.75) is 6.92 Å². The fraction of sp³-hybridized carbons (Fsp3) is 0.0526. The van der Waals surface area contributed by atoms with Crippen LogP contribution in [0.3, 0.4) is 0 Å². The summed E-state index contributed by atoms with van der Waals surface area (Å²) in [6.07, 6.45) is 0. The number of nitrogens with zero attached hydrogens (tertiary/aromatic N) is 4. The van der Waals surface area contributed by atoms with E-state index >= 15 is 0 Å². The van der Waals surface area contributed by atoms with Crippen molar-refractivity contribution in [2.75, 3.05) is 5.32 Å². The molecular weight excluding hydrogens is 333 g/mol. The van der Waals surface area contributed by atoms with Gasteiger partial charge in [-0.15, -0.1) is 10.2 Å². The molecule has 2 aromatic heterocycles. The lowest BCUT2D eigenvalue weighted by atomic mass is 10.2. The Morgan fingerprint density at radius 1 is 0.885 bits per heavy atom. The molecule has 0 radical (unpaired) electrons. The second-order valence-electron chi connectivity index (χ2n) is 5.72. The number of aryl methyl sites for hydroxylation is 1. The molecule has 2 aromatic carbocycles. The van der Waals surface area contributed by atoms with Crippen LogP contribution in [0.15, 0.2) is 65.2 Å². The summed E-state index contributed by atoms with van der Waals surface area (Å²) in [6.45, 7) is 2.03. The molecule has 0 aliphatic heterocycles. The third-order valence-corrected chi connectivity index (χ3v) is 3.74. The molecule has 0 bridgehead atoms. The lowest BCUT2D eigenvalue weighted by Gasteiger charge is -2.05. The minimum atomic E-state index is -0.319. The summed E-state index contributed by atoms with van der Waals surface area (Å²) >= 11 is 0. The van der Waals surface area contributed by atoms with E-state index in [2.05, 4.69) is 25.7 Å². The minimum absolute atomic E-state index is 0.249. The van der Waals surface area contributed by atoms with Gasteiger partial charge in [0.2, 0.25) is 5.82 Å². The molecule has 4 aromatic rings. The Balaban J connectivity index is 1.52. The highest BCUT2D eigenvalue weighted by atomic mass is 19.1. The van der Waals surface area contributed by atoms with E-state index in [1.165, 1.54) is 17.7 Å². The fourth-order valence-electron chi connectivity index (χ4n) is 2.34. The highest BCUT2D eigenvalue weighted by molar-refractivity contribution is 5.60. The molecule has 0 atom stereocenters. The van der Waals surface area contributed by atoms with E-state index in [-0.39, 0.29) is 11.7 Å². The Kier molecular flexibility index (Phi) is 4.10. The van der Waals surface area contributed by atoms with Crippen molar-refractivity contribution >= 4 is 11.5 Å². The highest BCUT2D eigenvalue weighted by Crippen LogP contribution is 2.22. The number of rotatable bonds is 4. The molecule has 4 rings (SSSR count). The first-order valence-electron chi connectivity index (χ1n) is 7.95. The summed E-state index contributed by atoms with van der Waals surface area (Å²) in [5.41, 5.74) is 3.23. The molecule has 0 unspecified atom stereocenters. The number of hydrogen-bond donors (Lipinski definition) is 1. The van der Waals surface area contributed by atoms with E-state index < -0.39 is 0 Å². The lowest BCUT2D eigenvalue weighted by Crippen LogP contribution is -1.96. The Bertz CT molecular complexity index is 1010. The molecule has 128 valence electrons. The third kappa shape index (κ3) is 3.41. The number of halogens is 1. The van der Waals surface area contributed by atoms with Crippen LogP contribution < -0.4 is 5.32 Å². The molecule has 0 fully saturated rings. The predicted octanol–water partition coefficient (Wildman–Crippen LogP) is 4.38. The Morgan fingerprint density at radius 2 is 1.65 bits per heavy atom. The second kappa shape index (κ2) is 6.72. The van der Waals surface area contributed by atoms with E-state index in [4.69, 9.17) is 4.52 Å². The van der Waals surface area contributed by atoms with Crippen molar-refractivity contribution in [3.8, 4) is 23.0 Å². The second-order valence-corrected chi connectivity index (χ2v) is 5.72. The number of aromatic nitrogens is 4. The maximum atomic E-state index is 13.0. The standard InChI is InChI=1S/C19H14FN5O/c1-12-2-8-15(9-3-12)21-17-11-10-16(23-24-17)19-22-18(25-26-19)13-4-6-14(20)7-5-13/h2-11H,1H3,(H,21,24). The van der Waals surface area contributed by atoms with Crippen LogP contribution in [-0.2, 0) is 0 Å². The van der Waals surface area contributed by atoms with Gasteiger partial charge in [0, 0.05) is 11.3 Å². The van der Waals surface area contributed by atoms with Crippen LogP contribution in [0, 0.1) is 12.7 Å². The van der Waals surface area contributed by atoms with Crippen molar-refractivity contribution in [3.63, 3.8) is 0 Å². The first-order chi connectivity index (χ1) is 12.7. The van der Waals surface area contributed by atoms with Gasteiger partial charge < -0.3 is 9.84 Å². The van der Waals surface area contributed by atoms with Crippen molar-refractivity contribution in [3.05, 3.63) is 72.0 Å². The Morgan fingerprint density at radius 3 is 2.35 bits per heavy atom. The van der Waals surface area contributed by atoms with E-state index in [9.17, 15) is 4.39 Å². The summed E-state index contributed by atoms with van der Waals surface area (Å²) in [5.74, 6) is 0.901. The van der Waals surface area contributed by atoms with Crippen molar-refractivity contribution in [1.29, 1.82) is 0 Å². The van der Waals surface area contributed by atoms with Crippen molar-refractivity contribution in [2.24, 2.45) is 0 Å². The van der Waals surface area contributed by atoms with Gasteiger partial charge in [0.15, 0.2) is 11.5 Å². The van der Waals surface area contributed by atoms with Gasteiger partial charge in [-0.1, -0.05) is 22.9 Å². The SMILES string of the molecule is Cc1ccc(Nc2ccc(-c3nc(-c4ccc(F)cc4)no3)nn2)cc1. The molecule has 0 spiro atoms. The van der Waals surface area contributed by atoms with E-state index in [1.807, 2.05) is 31.2 Å². The number of benzene rings is 2. The molecule has 0 aliphatic carbocycles. The summed E-state index contributed by atoms with van der Waals surface area (Å²) in [5, 5.41) is 15.3. The average molecular weight is 347 g/mol. The predicted molar refractivity (Wildman–Crippen MR) is 95.2 cm³/mol. The molecule has 0 saturated carbocycles. The molecule has 0 aliphatic rings. The Labute approximate surface area is 148 Å².